The Bertz CT molecular complexity index is 1070. The molecule has 1 aromatic heterocycles. The largest absolute Gasteiger partial charge is 0.464 e. The van der Waals surface area contributed by atoms with Crippen LogP contribution in [0.3, 0.4) is 0 Å². The summed E-state index contributed by atoms with van der Waals surface area (Å²) in [4.78, 5) is 26.8. The van der Waals surface area contributed by atoms with E-state index in [1.807, 2.05) is 19.1 Å². The van der Waals surface area contributed by atoms with Crippen LogP contribution in [-0.4, -0.2) is 29.8 Å². The molecule has 1 N–H and O–H groups in total. The van der Waals surface area contributed by atoms with Gasteiger partial charge < -0.3 is 14.6 Å². The number of fused-ring (bicyclic) bond motifs is 2. The fourth-order valence-corrected chi connectivity index (χ4v) is 4.09. The van der Waals surface area contributed by atoms with Crippen molar-refractivity contribution in [3.8, 4) is 0 Å². The molecule has 30 heavy (non-hydrogen) atoms. The maximum Gasteiger partial charge on any atom is 0.239 e. The number of likely N-dealkylation sites (N-methyl/N-ethyl adjacent to an activating group) is 1. The number of halogens is 1. The standard InChI is InChI=1S/C24H25ClN2O3/c1-2-27(14-23(28)26-13-16-6-8-20(25)9-7-16)24(29)12-19-15-30-22-11-18-5-3-4-17(18)10-21(19)22/h6-11,15H,2-5,12-14H2,1H3,(H,26,28). The predicted octanol–water partition coefficient (Wildman–Crippen LogP) is 4.28. The van der Waals surface area contributed by atoms with Crippen molar-refractivity contribution in [2.75, 3.05) is 13.1 Å². The summed E-state index contributed by atoms with van der Waals surface area (Å²) in [6.45, 7) is 2.79. The average Bonchev–Trinajstić information content (AvgIpc) is 3.36. The van der Waals surface area contributed by atoms with Crippen LogP contribution in [0.1, 0.15) is 35.6 Å². The minimum atomic E-state index is -0.185. The highest BCUT2D eigenvalue weighted by Crippen LogP contribution is 2.30. The van der Waals surface area contributed by atoms with E-state index in [1.54, 1.807) is 23.3 Å². The molecule has 0 spiro atoms. The molecule has 156 valence electrons. The van der Waals surface area contributed by atoms with Gasteiger partial charge >= 0.3 is 0 Å². The smallest absolute Gasteiger partial charge is 0.239 e. The molecule has 4 rings (SSSR count). The maximum absolute atomic E-state index is 12.9. The summed E-state index contributed by atoms with van der Waals surface area (Å²) in [7, 11) is 0. The molecule has 0 bridgehead atoms. The summed E-state index contributed by atoms with van der Waals surface area (Å²) in [5.74, 6) is -0.266. The van der Waals surface area contributed by atoms with Gasteiger partial charge in [-0.2, -0.15) is 0 Å². The topological polar surface area (TPSA) is 62.6 Å². The number of rotatable bonds is 7. The number of amides is 2. The van der Waals surface area contributed by atoms with Crippen molar-refractivity contribution in [3.05, 3.63) is 69.9 Å². The van der Waals surface area contributed by atoms with Gasteiger partial charge in [0.1, 0.15) is 5.58 Å². The van der Waals surface area contributed by atoms with E-state index >= 15 is 0 Å². The van der Waals surface area contributed by atoms with Crippen molar-refractivity contribution < 1.29 is 14.0 Å². The predicted molar refractivity (Wildman–Crippen MR) is 117 cm³/mol. The molecule has 0 saturated heterocycles. The zero-order valence-corrected chi connectivity index (χ0v) is 17.8. The highest BCUT2D eigenvalue weighted by Gasteiger charge is 2.20. The summed E-state index contributed by atoms with van der Waals surface area (Å²) in [6.07, 6.45) is 5.24. The molecular formula is C24H25ClN2O3. The van der Waals surface area contributed by atoms with Crippen molar-refractivity contribution in [3.63, 3.8) is 0 Å². The third kappa shape index (κ3) is 4.51. The van der Waals surface area contributed by atoms with E-state index in [0.29, 0.717) is 18.1 Å². The van der Waals surface area contributed by atoms with E-state index in [4.69, 9.17) is 16.0 Å². The van der Waals surface area contributed by atoms with Crippen LogP contribution in [0, 0.1) is 0 Å². The molecule has 2 amide bonds. The van der Waals surface area contributed by atoms with Gasteiger partial charge in [0.25, 0.3) is 0 Å². The number of furan rings is 1. The van der Waals surface area contributed by atoms with Crippen molar-refractivity contribution >= 4 is 34.4 Å². The third-order valence-corrected chi connectivity index (χ3v) is 5.93. The lowest BCUT2D eigenvalue weighted by Crippen LogP contribution is -2.41. The molecule has 0 atom stereocenters. The van der Waals surface area contributed by atoms with Crippen molar-refractivity contribution in [2.24, 2.45) is 0 Å². The van der Waals surface area contributed by atoms with Crippen LogP contribution in [0.2, 0.25) is 5.02 Å². The molecule has 2 aromatic carbocycles. The average molecular weight is 425 g/mol. The maximum atomic E-state index is 12.9. The summed E-state index contributed by atoms with van der Waals surface area (Å²) in [6, 6.07) is 11.6. The van der Waals surface area contributed by atoms with Gasteiger partial charge in [0.05, 0.1) is 19.2 Å². The molecule has 0 aliphatic heterocycles. The molecule has 0 saturated carbocycles. The minimum Gasteiger partial charge on any atom is -0.464 e. The van der Waals surface area contributed by atoms with Gasteiger partial charge in [0.15, 0.2) is 0 Å². The normalized spacial score (nSPS) is 12.7. The molecule has 5 nitrogen and oxygen atoms in total. The minimum absolute atomic E-state index is 0.0358. The Morgan fingerprint density at radius 2 is 1.87 bits per heavy atom. The van der Waals surface area contributed by atoms with Crippen molar-refractivity contribution in [1.82, 2.24) is 10.2 Å². The molecule has 1 aliphatic rings. The lowest BCUT2D eigenvalue weighted by atomic mass is 10.0. The van der Waals surface area contributed by atoms with Crippen molar-refractivity contribution in [1.29, 1.82) is 0 Å². The van der Waals surface area contributed by atoms with Crippen molar-refractivity contribution in [2.45, 2.75) is 39.2 Å². The van der Waals surface area contributed by atoms with Crippen LogP contribution in [0.25, 0.3) is 11.0 Å². The van der Waals surface area contributed by atoms with Gasteiger partial charge in [0.2, 0.25) is 11.8 Å². The first-order valence-corrected chi connectivity index (χ1v) is 10.7. The number of hydrogen-bond donors (Lipinski definition) is 1. The second-order valence-electron chi connectivity index (χ2n) is 7.72. The molecule has 1 heterocycles. The zero-order chi connectivity index (χ0) is 21.1. The van der Waals surface area contributed by atoms with Gasteiger partial charge in [-0.05, 0) is 67.1 Å². The van der Waals surface area contributed by atoms with Gasteiger partial charge in [-0.3, -0.25) is 9.59 Å². The van der Waals surface area contributed by atoms with E-state index in [2.05, 4.69) is 17.4 Å². The van der Waals surface area contributed by atoms with E-state index in [1.165, 1.54) is 17.5 Å². The van der Waals surface area contributed by atoms with E-state index in [0.717, 1.165) is 34.9 Å². The molecular weight excluding hydrogens is 400 g/mol. The van der Waals surface area contributed by atoms with Crippen LogP contribution in [0.15, 0.2) is 47.1 Å². The lowest BCUT2D eigenvalue weighted by molar-refractivity contribution is -0.135. The molecule has 0 unspecified atom stereocenters. The third-order valence-electron chi connectivity index (χ3n) is 5.68. The Labute approximate surface area is 181 Å². The number of nitrogens with zero attached hydrogens (tertiary/aromatic N) is 1. The fraction of sp³-hybridized carbons (Fsp3) is 0.333. The molecule has 1 aliphatic carbocycles. The Kier molecular flexibility index (Phi) is 6.09. The summed E-state index contributed by atoms with van der Waals surface area (Å²) >= 11 is 5.88. The number of hydrogen-bond acceptors (Lipinski definition) is 3. The first-order chi connectivity index (χ1) is 14.5. The lowest BCUT2D eigenvalue weighted by Gasteiger charge is -2.20. The van der Waals surface area contributed by atoms with Crippen LogP contribution in [-0.2, 0) is 35.4 Å². The van der Waals surface area contributed by atoms with Crippen LogP contribution < -0.4 is 5.32 Å². The monoisotopic (exact) mass is 424 g/mol. The van der Waals surface area contributed by atoms with Gasteiger partial charge in [-0.1, -0.05) is 23.7 Å². The Morgan fingerprint density at radius 3 is 2.60 bits per heavy atom. The second kappa shape index (κ2) is 8.92. The Morgan fingerprint density at radius 1 is 1.13 bits per heavy atom. The molecule has 0 radical (unpaired) electrons. The quantitative estimate of drug-likeness (QED) is 0.615. The molecule has 0 fully saturated rings. The Hall–Kier alpha value is -2.79. The number of carbonyl (C=O) groups is 2. The van der Waals surface area contributed by atoms with Gasteiger partial charge in [-0.15, -0.1) is 0 Å². The Balaban J connectivity index is 1.37. The highest BCUT2D eigenvalue weighted by atomic mass is 35.5. The fourth-order valence-electron chi connectivity index (χ4n) is 3.97. The summed E-state index contributed by atoms with van der Waals surface area (Å²) < 4.78 is 5.71. The summed E-state index contributed by atoms with van der Waals surface area (Å²) in [5.41, 5.74) is 5.38. The molecule has 6 heteroatoms. The van der Waals surface area contributed by atoms with Crippen LogP contribution in [0.4, 0.5) is 0 Å². The number of aryl methyl sites for hydroxylation is 2. The number of benzene rings is 2. The van der Waals surface area contributed by atoms with E-state index in [9.17, 15) is 9.59 Å². The summed E-state index contributed by atoms with van der Waals surface area (Å²) in [5, 5.41) is 4.52. The first kappa shape index (κ1) is 20.5. The molecule has 3 aromatic rings. The zero-order valence-electron chi connectivity index (χ0n) is 17.0. The van der Waals surface area contributed by atoms with E-state index in [-0.39, 0.29) is 24.8 Å². The van der Waals surface area contributed by atoms with Crippen LogP contribution >= 0.6 is 11.6 Å². The first-order valence-electron chi connectivity index (χ1n) is 10.3. The highest BCUT2D eigenvalue weighted by molar-refractivity contribution is 6.30. The number of nitrogens with one attached hydrogen (secondary N) is 1. The SMILES string of the molecule is CCN(CC(=O)NCc1ccc(Cl)cc1)C(=O)Cc1coc2cc3c(cc12)CCC3. The van der Waals surface area contributed by atoms with Gasteiger partial charge in [0, 0.05) is 29.1 Å². The van der Waals surface area contributed by atoms with Gasteiger partial charge in [-0.25, -0.2) is 0 Å². The van der Waals surface area contributed by atoms with E-state index < -0.39 is 0 Å². The number of carbonyl (C=O) groups excluding carboxylic acids is 2. The second-order valence-corrected chi connectivity index (χ2v) is 8.16. The van der Waals surface area contributed by atoms with Crippen LogP contribution in [0.5, 0.6) is 0 Å².